The molecule has 0 heterocycles. The monoisotopic (exact) mass is 333 g/mol. The minimum atomic E-state index is 0.193. The zero-order valence-electron chi connectivity index (χ0n) is 9.57. The first kappa shape index (κ1) is 13.2. The van der Waals surface area contributed by atoms with Crippen LogP contribution in [0.1, 0.15) is 32.4 Å². The maximum absolute atomic E-state index is 3.60. The van der Waals surface area contributed by atoms with Gasteiger partial charge in [0.2, 0.25) is 0 Å². The van der Waals surface area contributed by atoms with Crippen LogP contribution in [0, 0.1) is 5.41 Å². The van der Waals surface area contributed by atoms with Crippen molar-refractivity contribution < 1.29 is 0 Å². The van der Waals surface area contributed by atoms with Crippen LogP contribution in [0.4, 0.5) is 0 Å². The second-order valence-electron chi connectivity index (χ2n) is 4.75. The summed E-state index contributed by atoms with van der Waals surface area (Å²) in [6.45, 7) is 6.71. The molecule has 3 heteroatoms. The van der Waals surface area contributed by atoms with Crippen molar-refractivity contribution in [2.24, 2.45) is 5.41 Å². The molecule has 0 aliphatic rings. The molecule has 1 N–H and O–H groups in total. The molecule has 0 aliphatic heterocycles. The van der Waals surface area contributed by atoms with Crippen molar-refractivity contribution in [2.75, 3.05) is 7.05 Å². The van der Waals surface area contributed by atoms with E-state index in [-0.39, 0.29) is 5.41 Å². The van der Waals surface area contributed by atoms with Gasteiger partial charge in [0.25, 0.3) is 0 Å². The fraction of sp³-hybridized carbons (Fsp3) is 0.500. The summed E-state index contributed by atoms with van der Waals surface area (Å²) in [7, 11) is 2.00. The van der Waals surface area contributed by atoms with Gasteiger partial charge in [0.05, 0.1) is 0 Å². The van der Waals surface area contributed by atoms with Crippen LogP contribution in [-0.4, -0.2) is 7.05 Å². The third-order valence-corrected chi connectivity index (χ3v) is 3.64. The Kier molecular flexibility index (Phi) is 4.38. The Balaban J connectivity index is 3.18. The van der Waals surface area contributed by atoms with E-state index in [1.54, 1.807) is 0 Å². The van der Waals surface area contributed by atoms with Gasteiger partial charge in [0.1, 0.15) is 0 Å². The largest absolute Gasteiger partial charge is 0.313 e. The van der Waals surface area contributed by atoms with Crippen LogP contribution < -0.4 is 5.32 Å². The van der Waals surface area contributed by atoms with Gasteiger partial charge in [-0.25, -0.2) is 0 Å². The number of hydrogen-bond acceptors (Lipinski definition) is 1. The predicted molar refractivity (Wildman–Crippen MR) is 73.1 cm³/mol. The number of rotatable bonds is 2. The van der Waals surface area contributed by atoms with Crippen molar-refractivity contribution in [2.45, 2.75) is 26.8 Å². The molecule has 15 heavy (non-hydrogen) atoms. The normalized spacial score (nSPS) is 14.0. The highest BCUT2D eigenvalue weighted by atomic mass is 79.9. The molecule has 0 spiro atoms. The van der Waals surface area contributed by atoms with E-state index in [9.17, 15) is 0 Å². The minimum absolute atomic E-state index is 0.193. The number of nitrogens with one attached hydrogen (secondary N) is 1. The zero-order valence-corrected chi connectivity index (χ0v) is 12.7. The SMILES string of the molecule is CNC(c1cc(Br)ccc1Br)C(C)(C)C. The number of hydrogen-bond donors (Lipinski definition) is 1. The topological polar surface area (TPSA) is 12.0 Å². The summed E-state index contributed by atoms with van der Waals surface area (Å²) in [4.78, 5) is 0. The molecule has 0 bridgehead atoms. The van der Waals surface area contributed by atoms with Crippen molar-refractivity contribution >= 4 is 31.9 Å². The van der Waals surface area contributed by atoms with Crippen LogP contribution in [-0.2, 0) is 0 Å². The van der Waals surface area contributed by atoms with E-state index < -0.39 is 0 Å². The average molecular weight is 335 g/mol. The molecule has 0 amide bonds. The van der Waals surface area contributed by atoms with Crippen LogP contribution in [0.3, 0.4) is 0 Å². The van der Waals surface area contributed by atoms with Crippen LogP contribution in [0.25, 0.3) is 0 Å². The fourth-order valence-corrected chi connectivity index (χ4v) is 2.65. The number of benzene rings is 1. The third-order valence-electron chi connectivity index (χ3n) is 2.42. The Labute approximate surface area is 109 Å². The quantitative estimate of drug-likeness (QED) is 0.838. The van der Waals surface area contributed by atoms with E-state index in [0.717, 1.165) is 8.95 Å². The molecule has 1 atom stereocenters. The summed E-state index contributed by atoms with van der Waals surface area (Å²) >= 11 is 7.12. The molecule has 0 saturated heterocycles. The van der Waals surface area contributed by atoms with Gasteiger partial charge in [-0.1, -0.05) is 52.6 Å². The lowest BCUT2D eigenvalue weighted by molar-refractivity contribution is 0.286. The summed E-state index contributed by atoms with van der Waals surface area (Å²) in [5, 5.41) is 3.38. The van der Waals surface area contributed by atoms with Gasteiger partial charge in [-0.05, 0) is 36.2 Å². The zero-order chi connectivity index (χ0) is 11.6. The second-order valence-corrected chi connectivity index (χ2v) is 6.52. The Morgan fingerprint density at radius 3 is 2.27 bits per heavy atom. The summed E-state index contributed by atoms with van der Waals surface area (Å²) in [5.74, 6) is 0. The molecular weight excluding hydrogens is 318 g/mol. The van der Waals surface area contributed by atoms with Crippen molar-refractivity contribution in [1.82, 2.24) is 5.32 Å². The lowest BCUT2D eigenvalue weighted by Crippen LogP contribution is -2.29. The molecule has 1 rings (SSSR count). The average Bonchev–Trinajstić information content (AvgIpc) is 2.10. The molecular formula is C12H17Br2N. The van der Waals surface area contributed by atoms with Gasteiger partial charge in [-0.3, -0.25) is 0 Å². The Morgan fingerprint density at radius 1 is 1.20 bits per heavy atom. The number of halogens is 2. The van der Waals surface area contributed by atoms with E-state index >= 15 is 0 Å². The molecule has 84 valence electrons. The molecule has 0 radical (unpaired) electrons. The standard InChI is InChI=1S/C12H17Br2N/c1-12(2,3)11(15-4)9-7-8(13)5-6-10(9)14/h5-7,11,15H,1-4H3. The van der Waals surface area contributed by atoms with Crippen LogP contribution in [0.15, 0.2) is 27.1 Å². The Hall–Kier alpha value is 0.140. The summed E-state index contributed by atoms with van der Waals surface area (Å²) in [5.41, 5.74) is 1.48. The second kappa shape index (κ2) is 4.98. The highest BCUT2D eigenvalue weighted by Crippen LogP contribution is 2.37. The maximum atomic E-state index is 3.60. The lowest BCUT2D eigenvalue weighted by Gasteiger charge is -2.31. The highest BCUT2D eigenvalue weighted by molar-refractivity contribution is 9.11. The molecule has 1 aromatic carbocycles. The first-order valence-electron chi connectivity index (χ1n) is 4.98. The van der Waals surface area contributed by atoms with Crippen LogP contribution in [0.2, 0.25) is 0 Å². The summed E-state index contributed by atoms with van der Waals surface area (Å²) in [6, 6.07) is 6.62. The molecule has 0 aromatic heterocycles. The summed E-state index contributed by atoms with van der Waals surface area (Å²) < 4.78 is 2.27. The minimum Gasteiger partial charge on any atom is -0.313 e. The lowest BCUT2D eigenvalue weighted by atomic mass is 9.82. The Bertz CT molecular complexity index is 342. The predicted octanol–water partition coefficient (Wildman–Crippen LogP) is 4.52. The van der Waals surface area contributed by atoms with Crippen molar-refractivity contribution in [3.05, 3.63) is 32.7 Å². The van der Waals surface area contributed by atoms with E-state index in [1.165, 1.54) is 5.56 Å². The smallest absolute Gasteiger partial charge is 0.0378 e. The molecule has 1 unspecified atom stereocenters. The molecule has 0 aliphatic carbocycles. The molecule has 0 saturated carbocycles. The van der Waals surface area contributed by atoms with E-state index in [0.29, 0.717) is 6.04 Å². The van der Waals surface area contributed by atoms with Gasteiger partial charge in [0.15, 0.2) is 0 Å². The van der Waals surface area contributed by atoms with E-state index in [1.807, 2.05) is 13.1 Å². The molecule has 1 aromatic rings. The first-order chi connectivity index (χ1) is 6.86. The maximum Gasteiger partial charge on any atom is 0.0378 e. The highest BCUT2D eigenvalue weighted by Gasteiger charge is 2.26. The molecule has 0 fully saturated rings. The summed E-state index contributed by atoms with van der Waals surface area (Å²) in [6.07, 6.45) is 0. The van der Waals surface area contributed by atoms with Crippen molar-refractivity contribution in [3.63, 3.8) is 0 Å². The third kappa shape index (κ3) is 3.30. The van der Waals surface area contributed by atoms with Gasteiger partial charge in [-0.2, -0.15) is 0 Å². The molecule has 1 nitrogen and oxygen atoms in total. The van der Waals surface area contributed by atoms with Crippen LogP contribution in [0.5, 0.6) is 0 Å². The fourth-order valence-electron chi connectivity index (χ4n) is 1.79. The van der Waals surface area contributed by atoms with Gasteiger partial charge >= 0.3 is 0 Å². The van der Waals surface area contributed by atoms with Gasteiger partial charge in [-0.15, -0.1) is 0 Å². The van der Waals surface area contributed by atoms with E-state index in [4.69, 9.17) is 0 Å². The van der Waals surface area contributed by atoms with Gasteiger partial charge in [0, 0.05) is 15.0 Å². The Morgan fingerprint density at radius 2 is 1.80 bits per heavy atom. The van der Waals surface area contributed by atoms with E-state index in [2.05, 4.69) is 70.1 Å². The van der Waals surface area contributed by atoms with Crippen molar-refractivity contribution in [3.8, 4) is 0 Å². The van der Waals surface area contributed by atoms with Gasteiger partial charge < -0.3 is 5.32 Å². The van der Waals surface area contributed by atoms with Crippen LogP contribution >= 0.6 is 31.9 Å². The van der Waals surface area contributed by atoms with Crippen molar-refractivity contribution in [1.29, 1.82) is 0 Å². The first-order valence-corrected chi connectivity index (χ1v) is 6.57.